The summed E-state index contributed by atoms with van der Waals surface area (Å²) in [6.45, 7) is 1.72. The monoisotopic (exact) mass is 382 g/mol. The van der Waals surface area contributed by atoms with E-state index >= 15 is 0 Å². The number of benzene rings is 3. The van der Waals surface area contributed by atoms with Crippen LogP contribution in [0.5, 0.6) is 0 Å². The molecular weight excluding hydrogens is 364 g/mol. The lowest BCUT2D eigenvalue weighted by Gasteiger charge is -2.06. The molecule has 0 unspecified atom stereocenters. The Bertz CT molecular complexity index is 1130. The number of anilines is 1. The van der Waals surface area contributed by atoms with E-state index in [0.717, 1.165) is 11.3 Å². The number of rotatable bonds is 5. The van der Waals surface area contributed by atoms with Crippen LogP contribution in [-0.4, -0.2) is 11.1 Å². The van der Waals surface area contributed by atoms with Crippen molar-refractivity contribution in [3.05, 3.63) is 96.3 Å². The highest BCUT2D eigenvalue weighted by molar-refractivity contribution is 6.08. The maximum atomic E-state index is 12.8. The van der Waals surface area contributed by atoms with E-state index in [9.17, 15) is 4.79 Å². The molecular formula is C23H18N4O2. The van der Waals surface area contributed by atoms with E-state index in [1.807, 2.05) is 60.7 Å². The summed E-state index contributed by atoms with van der Waals surface area (Å²) in [6, 6.07) is 26.1. The quantitative estimate of drug-likeness (QED) is 0.410. The van der Waals surface area contributed by atoms with Crippen molar-refractivity contribution in [1.29, 1.82) is 0 Å². The highest BCUT2D eigenvalue weighted by Gasteiger charge is 2.21. The van der Waals surface area contributed by atoms with Gasteiger partial charge in [-0.05, 0) is 43.3 Å². The van der Waals surface area contributed by atoms with Crippen LogP contribution in [-0.2, 0) is 0 Å². The number of carbonyl (C=O) groups excluding carboxylic acids is 1. The summed E-state index contributed by atoms with van der Waals surface area (Å²) in [5, 5.41) is 15.3. The molecule has 142 valence electrons. The number of aryl methyl sites for hydroxylation is 1. The first-order chi connectivity index (χ1) is 14.2. The van der Waals surface area contributed by atoms with E-state index in [-0.39, 0.29) is 5.91 Å². The van der Waals surface area contributed by atoms with Gasteiger partial charge in [0.05, 0.1) is 11.4 Å². The number of hydrogen-bond acceptors (Lipinski definition) is 5. The maximum absolute atomic E-state index is 12.8. The van der Waals surface area contributed by atoms with E-state index in [2.05, 4.69) is 20.7 Å². The lowest BCUT2D eigenvalue weighted by molar-refractivity contribution is 0.102. The fraction of sp³-hybridized carbons (Fsp3) is 0.0435. The van der Waals surface area contributed by atoms with E-state index in [1.54, 1.807) is 31.2 Å². The van der Waals surface area contributed by atoms with Crippen molar-refractivity contribution in [3.8, 4) is 11.3 Å². The fourth-order valence-corrected chi connectivity index (χ4v) is 2.85. The number of aromatic nitrogens is 1. The standard InChI is InChI=1S/C23H18N4O2/c1-16-21(22(27-29-16)17-8-4-2-5-9-17)23(28)24-18-12-14-20(15-13-18)26-25-19-10-6-3-7-11-19/h2-15H,1H3,(H,24,28). The molecule has 6 nitrogen and oxygen atoms in total. The molecule has 0 atom stereocenters. The van der Waals surface area contributed by atoms with Crippen LogP contribution in [0.2, 0.25) is 0 Å². The van der Waals surface area contributed by atoms with Crippen LogP contribution in [0.25, 0.3) is 11.3 Å². The molecule has 0 bridgehead atoms. The lowest BCUT2D eigenvalue weighted by Crippen LogP contribution is -2.13. The predicted molar refractivity (Wildman–Crippen MR) is 112 cm³/mol. The summed E-state index contributed by atoms with van der Waals surface area (Å²) in [7, 11) is 0. The summed E-state index contributed by atoms with van der Waals surface area (Å²) in [5.74, 6) is 0.191. The Hall–Kier alpha value is -4.06. The van der Waals surface area contributed by atoms with Crippen LogP contribution in [0.15, 0.2) is 99.7 Å². The molecule has 0 saturated carbocycles. The van der Waals surface area contributed by atoms with E-state index in [1.165, 1.54) is 0 Å². The normalized spacial score (nSPS) is 10.9. The number of azo groups is 1. The zero-order chi connectivity index (χ0) is 20.1. The number of carbonyl (C=O) groups is 1. The fourth-order valence-electron chi connectivity index (χ4n) is 2.85. The molecule has 29 heavy (non-hydrogen) atoms. The van der Waals surface area contributed by atoms with Crippen molar-refractivity contribution >= 4 is 23.0 Å². The summed E-state index contributed by atoms with van der Waals surface area (Å²) in [6.07, 6.45) is 0. The van der Waals surface area contributed by atoms with Gasteiger partial charge in [-0.25, -0.2) is 0 Å². The minimum absolute atomic E-state index is 0.277. The van der Waals surface area contributed by atoms with Gasteiger partial charge in [0.1, 0.15) is 17.0 Å². The summed E-state index contributed by atoms with van der Waals surface area (Å²) < 4.78 is 5.26. The highest BCUT2D eigenvalue weighted by Crippen LogP contribution is 2.26. The van der Waals surface area contributed by atoms with E-state index < -0.39 is 0 Å². The molecule has 0 radical (unpaired) electrons. The molecule has 3 aromatic carbocycles. The lowest BCUT2D eigenvalue weighted by atomic mass is 10.1. The molecule has 0 spiro atoms. The molecule has 0 aliphatic rings. The van der Waals surface area contributed by atoms with Gasteiger partial charge in [0, 0.05) is 11.3 Å². The Labute approximate surface area is 167 Å². The Balaban J connectivity index is 1.50. The zero-order valence-corrected chi connectivity index (χ0v) is 15.7. The molecule has 0 fully saturated rings. The van der Waals surface area contributed by atoms with Gasteiger partial charge >= 0.3 is 0 Å². The van der Waals surface area contributed by atoms with Crippen molar-refractivity contribution in [2.45, 2.75) is 6.92 Å². The molecule has 1 N–H and O–H groups in total. The molecule has 0 aliphatic carbocycles. The van der Waals surface area contributed by atoms with Gasteiger partial charge in [-0.2, -0.15) is 10.2 Å². The Morgan fingerprint density at radius 3 is 2.07 bits per heavy atom. The minimum Gasteiger partial charge on any atom is -0.360 e. The Kier molecular flexibility index (Phi) is 5.25. The van der Waals surface area contributed by atoms with Crippen LogP contribution in [0.4, 0.5) is 17.1 Å². The first kappa shape index (κ1) is 18.3. The first-order valence-corrected chi connectivity index (χ1v) is 9.10. The van der Waals surface area contributed by atoms with Crippen molar-refractivity contribution in [3.63, 3.8) is 0 Å². The van der Waals surface area contributed by atoms with Gasteiger partial charge in [0.25, 0.3) is 5.91 Å². The van der Waals surface area contributed by atoms with Crippen LogP contribution < -0.4 is 5.32 Å². The molecule has 4 aromatic rings. The van der Waals surface area contributed by atoms with Crippen molar-refractivity contribution in [2.75, 3.05) is 5.32 Å². The molecule has 0 aliphatic heterocycles. The average Bonchev–Trinajstić information content (AvgIpc) is 3.16. The van der Waals surface area contributed by atoms with Crippen LogP contribution in [0.3, 0.4) is 0 Å². The van der Waals surface area contributed by atoms with Gasteiger partial charge in [0.15, 0.2) is 0 Å². The highest BCUT2D eigenvalue weighted by atomic mass is 16.5. The zero-order valence-electron chi connectivity index (χ0n) is 15.7. The molecule has 1 heterocycles. The van der Waals surface area contributed by atoms with E-state index in [4.69, 9.17) is 4.52 Å². The van der Waals surface area contributed by atoms with Crippen LogP contribution in [0, 0.1) is 6.92 Å². The SMILES string of the molecule is Cc1onc(-c2ccccc2)c1C(=O)Nc1ccc(N=Nc2ccccc2)cc1. The number of amides is 1. The van der Waals surface area contributed by atoms with Crippen LogP contribution in [0.1, 0.15) is 16.1 Å². The summed E-state index contributed by atoms with van der Waals surface area (Å²) >= 11 is 0. The molecule has 4 rings (SSSR count). The van der Waals surface area contributed by atoms with Gasteiger partial charge < -0.3 is 9.84 Å². The maximum Gasteiger partial charge on any atom is 0.261 e. The van der Waals surface area contributed by atoms with Crippen molar-refractivity contribution in [2.24, 2.45) is 10.2 Å². The molecule has 1 amide bonds. The number of nitrogens with one attached hydrogen (secondary N) is 1. The minimum atomic E-state index is -0.277. The Morgan fingerprint density at radius 1 is 0.828 bits per heavy atom. The third-order valence-electron chi connectivity index (χ3n) is 4.30. The van der Waals surface area contributed by atoms with Gasteiger partial charge in [0.2, 0.25) is 0 Å². The van der Waals surface area contributed by atoms with Crippen molar-refractivity contribution < 1.29 is 9.32 Å². The Morgan fingerprint density at radius 2 is 1.41 bits per heavy atom. The smallest absolute Gasteiger partial charge is 0.261 e. The largest absolute Gasteiger partial charge is 0.360 e. The molecule has 6 heteroatoms. The topological polar surface area (TPSA) is 79.9 Å². The third-order valence-corrected chi connectivity index (χ3v) is 4.30. The number of nitrogens with zero attached hydrogens (tertiary/aromatic N) is 3. The first-order valence-electron chi connectivity index (χ1n) is 9.10. The summed E-state index contributed by atoms with van der Waals surface area (Å²) in [4.78, 5) is 12.8. The average molecular weight is 382 g/mol. The second-order valence-corrected chi connectivity index (χ2v) is 6.36. The predicted octanol–water partition coefficient (Wildman–Crippen LogP) is 6.32. The second-order valence-electron chi connectivity index (χ2n) is 6.36. The second kappa shape index (κ2) is 8.31. The number of hydrogen-bond donors (Lipinski definition) is 1. The molecule has 1 aromatic heterocycles. The third kappa shape index (κ3) is 4.27. The molecule has 0 saturated heterocycles. The van der Waals surface area contributed by atoms with Crippen LogP contribution >= 0.6 is 0 Å². The van der Waals surface area contributed by atoms with Gasteiger partial charge in [-0.15, -0.1) is 0 Å². The van der Waals surface area contributed by atoms with Crippen molar-refractivity contribution in [1.82, 2.24) is 5.16 Å². The summed E-state index contributed by atoms with van der Waals surface area (Å²) in [5.41, 5.74) is 3.89. The van der Waals surface area contributed by atoms with Gasteiger partial charge in [-0.3, -0.25) is 4.79 Å². The van der Waals surface area contributed by atoms with Gasteiger partial charge in [-0.1, -0.05) is 53.7 Å². The van der Waals surface area contributed by atoms with E-state index in [0.29, 0.717) is 28.4 Å².